The normalized spacial score (nSPS) is 10.8. The second kappa shape index (κ2) is 4.88. The molecule has 3 rings (SSSR count). The maximum atomic E-state index is 5.96. The molecule has 1 aromatic heterocycles. The minimum Gasteiger partial charge on any atom is -0.331 e. The van der Waals surface area contributed by atoms with Gasteiger partial charge in [0.25, 0.3) is 0 Å². The average Bonchev–Trinajstić information content (AvgIpc) is 2.76. The predicted octanol–water partition coefficient (Wildman–Crippen LogP) is 5.46. The van der Waals surface area contributed by atoms with E-state index in [-0.39, 0.29) is 0 Å². The quantitative estimate of drug-likeness (QED) is 0.671. The summed E-state index contributed by atoms with van der Waals surface area (Å²) in [5, 5.41) is 4.86. The van der Waals surface area contributed by atoms with Crippen molar-refractivity contribution in [1.82, 2.24) is 4.98 Å². The monoisotopic (exact) mass is 338 g/mol. The van der Waals surface area contributed by atoms with Crippen LogP contribution in [0.1, 0.15) is 0 Å². The molecule has 1 N–H and O–H groups in total. The van der Waals surface area contributed by atoms with Gasteiger partial charge in [-0.2, -0.15) is 0 Å². The summed E-state index contributed by atoms with van der Waals surface area (Å²) < 4.78 is 2.04. The molecule has 0 aliphatic rings. The summed E-state index contributed by atoms with van der Waals surface area (Å²) >= 11 is 11.0. The van der Waals surface area contributed by atoms with Crippen LogP contribution in [0.25, 0.3) is 10.2 Å². The maximum Gasteiger partial charge on any atom is 0.188 e. The third-order valence-electron chi connectivity index (χ3n) is 2.46. The van der Waals surface area contributed by atoms with Gasteiger partial charge in [0.1, 0.15) is 0 Å². The van der Waals surface area contributed by atoms with E-state index in [1.165, 1.54) is 4.70 Å². The molecule has 0 fully saturated rings. The van der Waals surface area contributed by atoms with Crippen molar-refractivity contribution in [2.24, 2.45) is 0 Å². The van der Waals surface area contributed by atoms with Crippen molar-refractivity contribution in [3.8, 4) is 0 Å². The number of hydrogen-bond donors (Lipinski definition) is 1. The summed E-state index contributed by atoms with van der Waals surface area (Å²) in [6.45, 7) is 0. The van der Waals surface area contributed by atoms with Gasteiger partial charge < -0.3 is 5.32 Å². The molecule has 0 spiro atoms. The Morgan fingerprint density at radius 3 is 2.78 bits per heavy atom. The van der Waals surface area contributed by atoms with Gasteiger partial charge in [-0.25, -0.2) is 4.98 Å². The van der Waals surface area contributed by atoms with Crippen molar-refractivity contribution in [2.45, 2.75) is 0 Å². The first-order valence-corrected chi connectivity index (χ1v) is 7.29. The Balaban J connectivity index is 1.93. The summed E-state index contributed by atoms with van der Waals surface area (Å²) in [5.74, 6) is 0. The summed E-state index contributed by atoms with van der Waals surface area (Å²) in [6, 6.07) is 13.8. The van der Waals surface area contributed by atoms with Crippen molar-refractivity contribution >= 4 is 59.9 Å². The van der Waals surface area contributed by atoms with Gasteiger partial charge in [-0.3, -0.25) is 0 Å². The van der Waals surface area contributed by atoms with E-state index < -0.39 is 0 Å². The zero-order valence-electron chi connectivity index (χ0n) is 9.15. The molecule has 90 valence electrons. The minimum atomic E-state index is 0.699. The number of benzene rings is 2. The van der Waals surface area contributed by atoms with Gasteiger partial charge in [-0.05, 0) is 46.3 Å². The van der Waals surface area contributed by atoms with Crippen molar-refractivity contribution in [1.29, 1.82) is 0 Å². The van der Waals surface area contributed by atoms with E-state index in [4.69, 9.17) is 11.6 Å². The van der Waals surface area contributed by atoms with E-state index >= 15 is 0 Å². The summed E-state index contributed by atoms with van der Waals surface area (Å²) in [5.41, 5.74) is 1.98. The van der Waals surface area contributed by atoms with Gasteiger partial charge in [-0.15, -0.1) is 0 Å². The molecular formula is C13H8BrClN2S. The molecule has 1 heterocycles. The van der Waals surface area contributed by atoms with Crippen LogP contribution in [0.4, 0.5) is 10.8 Å². The Morgan fingerprint density at radius 1 is 1.17 bits per heavy atom. The lowest BCUT2D eigenvalue weighted by Crippen LogP contribution is -1.88. The topological polar surface area (TPSA) is 24.9 Å². The Morgan fingerprint density at radius 2 is 2.00 bits per heavy atom. The molecule has 0 unspecified atom stereocenters. The molecule has 2 nitrogen and oxygen atoms in total. The van der Waals surface area contributed by atoms with Crippen LogP contribution in [0, 0.1) is 0 Å². The number of para-hydroxylation sites is 1. The van der Waals surface area contributed by atoms with Crippen LogP contribution in [0.5, 0.6) is 0 Å². The van der Waals surface area contributed by atoms with Gasteiger partial charge >= 0.3 is 0 Å². The van der Waals surface area contributed by atoms with E-state index in [1.807, 2.05) is 36.4 Å². The molecule has 18 heavy (non-hydrogen) atoms. The number of anilines is 2. The van der Waals surface area contributed by atoms with E-state index in [2.05, 4.69) is 32.3 Å². The first-order valence-electron chi connectivity index (χ1n) is 5.30. The number of halogens is 2. The van der Waals surface area contributed by atoms with Gasteiger partial charge in [-0.1, -0.05) is 35.1 Å². The molecule has 0 radical (unpaired) electrons. The van der Waals surface area contributed by atoms with Crippen molar-refractivity contribution in [3.63, 3.8) is 0 Å². The third kappa shape index (κ3) is 2.36. The minimum absolute atomic E-state index is 0.699. The van der Waals surface area contributed by atoms with E-state index in [0.717, 1.165) is 20.8 Å². The average molecular weight is 340 g/mol. The Labute approximate surface area is 122 Å². The Kier molecular flexibility index (Phi) is 3.24. The fourth-order valence-electron chi connectivity index (χ4n) is 1.62. The smallest absolute Gasteiger partial charge is 0.188 e. The lowest BCUT2D eigenvalue weighted by atomic mass is 10.3. The van der Waals surface area contributed by atoms with Crippen molar-refractivity contribution in [3.05, 3.63) is 52.0 Å². The SMILES string of the molecule is Clc1ccc(Nc2nc3ccccc3s2)cc1Br. The van der Waals surface area contributed by atoms with Crippen LogP contribution in [-0.4, -0.2) is 4.98 Å². The molecular weight excluding hydrogens is 332 g/mol. The standard InChI is InChI=1S/C13H8BrClN2S/c14-9-7-8(5-6-10(9)15)16-13-17-11-3-1-2-4-12(11)18-13/h1-7H,(H,16,17). The fourth-order valence-corrected chi connectivity index (χ4v) is 3.01. The summed E-state index contributed by atoms with van der Waals surface area (Å²) in [7, 11) is 0. The van der Waals surface area contributed by atoms with Gasteiger partial charge in [0, 0.05) is 10.2 Å². The molecule has 0 amide bonds. The highest BCUT2D eigenvalue weighted by atomic mass is 79.9. The van der Waals surface area contributed by atoms with Crippen molar-refractivity contribution in [2.75, 3.05) is 5.32 Å². The largest absolute Gasteiger partial charge is 0.331 e. The number of rotatable bonds is 2. The van der Waals surface area contributed by atoms with E-state index in [1.54, 1.807) is 11.3 Å². The fraction of sp³-hybridized carbons (Fsp3) is 0. The van der Waals surface area contributed by atoms with Crippen LogP contribution in [0.15, 0.2) is 46.9 Å². The van der Waals surface area contributed by atoms with Gasteiger partial charge in [0.15, 0.2) is 5.13 Å². The molecule has 0 saturated heterocycles. The predicted molar refractivity (Wildman–Crippen MR) is 82.1 cm³/mol. The molecule has 5 heteroatoms. The maximum absolute atomic E-state index is 5.96. The zero-order chi connectivity index (χ0) is 12.5. The van der Waals surface area contributed by atoms with Crippen LogP contribution in [-0.2, 0) is 0 Å². The number of hydrogen-bond acceptors (Lipinski definition) is 3. The third-order valence-corrected chi connectivity index (χ3v) is 4.63. The van der Waals surface area contributed by atoms with Crippen LogP contribution in [0.2, 0.25) is 5.02 Å². The van der Waals surface area contributed by atoms with Crippen LogP contribution >= 0.6 is 38.9 Å². The first-order chi connectivity index (χ1) is 8.72. The molecule has 0 aliphatic heterocycles. The molecule has 3 aromatic rings. The molecule has 2 aromatic carbocycles. The highest BCUT2D eigenvalue weighted by molar-refractivity contribution is 9.10. The summed E-state index contributed by atoms with van der Waals surface area (Å²) in [4.78, 5) is 4.52. The van der Waals surface area contributed by atoms with Crippen molar-refractivity contribution < 1.29 is 0 Å². The number of fused-ring (bicyclic) bond motifs is 1. The van der Waals surface area contributed by atoms with Gasteiger partial charge in [0.2, 0.25) is 0 Å². The number of nitrogens with one attached hydrogen (secondary N) is 1. The molecule has 0 atom stereocenters. The van der Waals surface area contributed by atoms with Gasteiger partial charge in [0.05, 0.1) is 15.2 Å². The zero-order valence-corrected chi connectivity index (χ0v) is 12.3. The number of nitrogens with zero attached hydrogens (tertiary/aromatic N) is 1. The lowest BCUT2D eigenvalue weighted by Gasteiger charge is -2.03. The summed E-state index contributed by atoms with van der Waals surface area (Å²) in [6.07, 6.45) is 0. The Bertz CT molecular complexity index is 678. The van der Waals surface area contributed by atoms with Crippen LogP contribution < -0.4 is 5.32 Å². The second-order valence-electron chi connectivity index (χ2n) is 3.74. The molecule has 0 saturated carbocycles. The van der Waals surface area contributed by atoms with E-state index in [9.17, 15) is 0 Å². The first kappa shape index (κ1) is 12.0. The van der Waals surface area contributed by atoms with Crippen LogP contribution in [0.3, 0.4) is 0 Å². The molecule has 0 aliphatic carbocycles. The second-order valence-corrected chi connectivity index (χ2v) is 6.03. The molecule has 0 bridgehead atoms. The Hall–Kier alpha value is -1.10. The lowest BCUT2D eigenvalue weighted by molar-refractivity contribution is 1.44. The number of thiazole rings is 1. The number of aromatic nitrogens is 1. The highest BCUT2D eigenvalue weighted by Gasteiger charge is 2.04. The highest BCUT2D eigenvalue weighted by Crippen LogP contribution is 2.30. The van der Waals surface area contributed by atoms with E-state index in [0.29, 0.717) is 5.02 Å².